The summed E-state index contributed by atoms with van der Waals surface area (Å²) in [6.07, 6.45) is -2.48. The van der Waals surface area contributed by atoms with Crippen LogP contribution in [0.1, 0.15) is 23.0 Å². The van der Waals surface area contributed by atoms with Crippen LogP contribution in [0.4, 0.5) is 13.2 Å². The Labute approximate surface area is 132 Å². The highest BCUT2D eigenvalue weighted by Gasteiger charge is 2.41. The summed E-state index contributed by atoms with van der Waals surface area (Å²) in [4.78, 5) is 15.9. The van der Waals surface area contributed by atoms with E-state index in [4.69, 9.17) is 0 Å². The van der Waals surface area contributed by atoms with Crippen molar-refractivity contribution in [3.8, 4) is 5.69 Å². The number of thiophene rings is 1. The smallest absolute Gasteiger partial charge is 0.434 e. The van der Waals surface area contributed by atoms with Crippen molar-refractivity contribution >= 4 is 27.5 Å². The second kappa shape index (κ2) is 5.65. The van der Waals surface area contributed by atoms with E-state index >= 15 is 0 Å². The van der Waals surface area contributed by atoms with E-state index in [-0.39, 0.29) is 12.3 Å². The third kappa shape index (κ3) is 2.67. The Hall–Kier alpha value is -2.42. The molecule has 5 nitrogen and oxygen atoms in total. The molecule has 0 aliphatic carbocycles. The van der Waals surface area contributed by atoms with E-state index in [0.29, 0.717) is 14.9 Å². The second-order valence-electron chi connectivity index (χ2n) is 4.50. The van der Waals surface area contributed by atoms with E-state index in [1.807, 2.05) is 0 Å². The number of pyridine rings is 1. The zero-order valence-electron chi connectivity index (χ0n) is 11.8. The molecule has 3 rings (SSSR count). The van der Waals surface area contributed by atoms with Gasteiger partial charge in [-0.2, -0.15) is 18.3 Å². The number of carbonyl (C=O) groups is 1. The van der Waals surface area contributed by atoms with Gasteiger partial charge in [-0.15, -0.1) is 11.3 Å². The monoisotopic (exact) mass is 341 g/mol. The van der Waals surface area contributed by atoms with Gasteiger partial charge in [-0.3, -0.25) is 4.98 Å². The van der Waals surface area contributed by atoms with E-state index in [2.05, 4.69) is 14.8 Å². The van der Waals surface area contributed by atoms with Gasteiger partial charge in [0.15, 0.2) is 5.69 Å². The van der Waals surface area contributed by atoms with Crippen molar-refractivity contribution < 1.29 is 22.7 Å². The van der Waals surface area contributed by atoms with Gasteiger partial charge >= 0.3 is 12.1 Å². The lowest BCUT2D eigenvalue weighted by atomic mass is 10.2. The lowest BCUT2D eigenvalue weighted by Crippen LogP contribution is -2.18. The number of halogens is 3. The van der Waals surface area contributed by atoms with E-state index in [9.17, 15) is 18.0 Å². The van der Waals surface area contributed by atoms with Crippen LogP contribution in [0.25, 0.3) is 15.9 Å². The summed E-state index contributed by atoms with van der Waals surface area (Å²) in [5.41, 5.74) is -0.987. The Kier molecular flexibility index (Phi) is 3.80. The number of esters is 1. The Bertz CT molecular complexity index is 870. The SMILES string of the molecule is CCOC(=O)c1cnn(-c2ccnc3ccsc23)c1C(F)(F)F. The molecule has 3 heterocycles. The zero-order valence-corrected chi connectivity index (χ0v) is 12.6. The van der Waals surface area contributed by atoms with Crippen LogP contribution in [0.2, 0.25) is 0 Å². The number of hydrogen-bond acceptors (Lipinski definition) is 5. The first kappa shape index (κ1) is 15.5. The van der Waals surface area contributed by atoms with Gasteiger partial charge in [-0.05, 0) is 24.4 Å². The van der Waals surface area contributed by atoms with Crippen LogP contribution in [0.3, 0.4) is 0 Å². The van der Waals surface area contributed by atoms with Crippen molar-refractivity contribution in [1.82, 2.24) is 14.8 Å². The first-order valence-corrected chi connectivity index (χ1v) is 7.46. The molecule has 0 spiro atoms. The number of alkyl halides is 3. The summed E-state index contributed by atoms with van der Waals surface area (Å²) in [6, 6.07) is 3.13. The van der Waals surface area contributed by atoms with Crippen LogP contribution in [-0.4, -0.2) is 27.3 Å². The lowest BCUT2D eigenvalue weighted by Gasteiger charge is -2.12. The Balaban J connectivity index is 2.24. The number of aromatic nitrogens is 3. The largest absolute Gasteiger partial charge is 0.462 e. The summed E-state index contributed by atoms with van der Waals surface area (Å²) >= 11 is 1.25. The highest BCUT2D eigenvalue weighted by atomic mass is 32.1. The van der Waals surface area contributed by atoms with Crippen LogP contribution in [0, 0.1) is 0 Å². The van der Waals surface area contributed by atoms with Gasteiger partial charge in [0.25, 0.3) is 0 Å². The Morgan fingerprint density at radius 1 is 1.39 bits per heavy atom. The van der Waals surface area contributed by atoms with Crippen molar-refractivity contribution in [2.24, 2.45) is 0 Å². The molecule has 120 valence electrons. The molecular weight excluding hydrogens is 331 g/mol. The molecule has 9 heteroatoms. The van der Waals surface area contributed by atoms with Crippen molar-refractivity contribution in [3.63, 3.8) is 0 Å². The number of nitrogens with zero attached hydrogens (tertiary/aromatic N) is 3. The van der Waals surface area contributed by atoms with Gasteiger partial charge in [-0.25, -0.2) is 9.48 Å². The summed E-state index contributed by atoms with van der Waals surface area (Å²) in [7, 11) is 0. The first-order valence-electron chi connectivity index (χ1n) is 6.58. The van der Waals surface area contributed by atoms with Crippen molar-refractivity contribution in [2.75, 3.05) is 6.61 Å². The number of rotatable bonds is 3. The lowest BCUT2D eigenvalue weighted by molar-refractivity contribution is -0.143. The van der Waals surface area contributed by atoms with Gasteiger partial charge in [0, 0.05) is 6.20 Å². The van der Waals surface area contributed by atoms with Gasteiger partial charge in [-0.1, -0.05) is 0 Å². The fraction of sp³-hybridized carbons (Fsp3) is 0.214. The Morgan fingerprint density at radius 3 is 2.87 bits per heavy atom. The average molecular weight is 341 g/mol. The minimum atomic E-state index is -4.76. The van der Waals surface area contributed by atoms with Crippen LogP contribution in [-0.2, 0) is 10.9 Å². The third-order valence-electron chi connectivity index (χ3n) is 3.08. The van der Waals surface area contributed by atoms with Gasteiger partial charge in [0.2, 0.25) is 0 Å². The zero-order chi connectivity index (χ0) is 16.6. The summed E-state index contributed by atoms with van der Waals surface area (Å²) in [5.74, 6) is -1.05. The molecule has 0 saturated heterocycles. The highest BCUT2D eigenvalue weighted by Crippen LogP contribution is 2.36. The highest BCUT2D eigenvalue weighted by molar-refractivity contribution is 7.17. The molecule has 0 bridgehead atoms. The minimum absolute atomic E-state index is 0.0221. The predicted octanol–water partition coefficient (Wildman–Crippen LogP) is 3.68. The van der Waals surface area contributed by atoms with E-state index in [0.717, 1.165) is 6.20 Å². The summed E-state index contributed by atoms with van der Waals surface area (Å²) in [5, 5.41) is 5.49. The molecule has 0 fully saturated rings. The number of ether oxygens (including phenoxy) is 1. The molecular formula is C14H10F3N3O2S. The van der Waals surface area contributed by atoms with Crippen molar-refractivity contribution in [3.05, 3.63) is 41.2 Å². The number of hydrogen-bond donors (Lipinski definition) is 0. The maximum Gasteiger partial charge on any atom is 0.434 e. The van der Waals surface area contributed by atoms with Crippen LogP contribution in [0.5, 0.6) is 0 Å². The van der Waals surface area contributed by atoms with Crippen LogP contribution < -0.4 is 0 Å². The number of fused-ring (bicyclic) bond motifs is 1. The van der Waals surface area contributed by atoms with E-state index in [1.165, 1.54) is 30.5 Å². The molecule has 3 aromatic rings. The maximum atomic E-state index is 13.5. The molecule has 23 heavy (non-hydrogen) atoms. The molecule has 0 aromatic carbocycles. The van der Waals surface area contributed by atoms with E-state index in [1.54, 1.807) is 11.4 Å². The third-order valence-corrected chi connectivity index (χ3v) is 4.01. The summed E-state index contributed by atoms with van der Waals surface area (Å²) < 4.78 is 46.4. The van der Waals surface area contributed by atoms with E-state index < -0.39 is 23.4 Å². The van der Waals surface area contributed by atoms with Crippen LogP contribution in [0.15, 0.2) is 29.9 Å². The molecule has 0 aliphatic heterocycles. The molecule has 3 aromatic heterocycles. The number of carbonyl (C=O) groups excluding carboxylic acids is 1. The van der Waals surface area contributed by atoms with Gasteiger partial charge in [0.1, 0.15) is 5.56 Å². The molecule has 0 atom stereocenters. The molecule has 0 radical (unpaired) electrons. The quantitative estimate of drug-likeness (QED) is 0.682. The van der Waals surface area contributed by atoms with Crippen LogP contribution >= 0.6 is 11.3 Å². The standard InChI is InChI=1S/C14H10F3N3O2S/c1-2-22-13(21)8-7-19-20(12(8)14(15,16)17)10-3-5-18-9-4-6-23-11(9)10/h3-7H,2H2,1H3. The fourth-order valence-electron chi connectivity index (χ4n) is 2.19. The molecule has 0 unspecified atom stereocenters. The first-order chi connectivity index (χ1) is 10.9. The summed E-state index contributed by atoms with van der Waals surface area (Å²) in [6.45, 7) is 1.50. The predicted molar refractivity (Wildman–Crippen MR) is 77.7 cm³/mol. The average Bonchev–Trinajstić information content (AvgIpc) is 3.13. The molecule has 0 amide bonds. The van der Waals surface area contributed by atoms with Gasteiger partial charge in [0.05, 0.1) is 28.7 Å². The Morgan fingerprint density at radius 2 is 2.17 bits per heavy atom. The normalized spacial score (nSPS) is 11.8. The second-order valence-corrected chi connectivity index (χ2v) is 5.42. The fourth-order valence-corrected chi connectivity index (χ4v) is 3.04. The van der Waals surface area contributed by atoms with Crippen molar-refractivity contribution in [2.45, 2.75) is 13.1 Å². The topological polar surface area (TPSA) is 57.0 Å². The van der Waals surface area contributed by atoms with Crippen molar-refractivity contribution in [1.29, 1.82) is 0 Å². The molecule has 0 saturated carbocycles. The maximum absolute atomic E-state index is 13.5. The minimum Gasteiger partial charge on any atom is -0.462 e. The molecule has 0 N–H and O–H groups in total. The molecule has 0 aliphatic rings. The van der Waals surface area contributed by atoms with Gasteiger partial charge < -0.3 is 4.74 Å².